The van der Waals surface area contributed by atoms with E-state index in [0.29, 0.717) is 22.6 Å². The van der Waals surface area contributed by atoms with Crippen LogP contribution in [0.3, 0.4) is 0 Å². The molecule has 110 valence electrons. The molecule has 1 aromatic carbocycles. The molecule has 0 saturated heterocycles. The minimum absolute atomic E-state index is 0.0396. The molecule has 1 N–H and O–H groups in total. The van der Waals surface area contributed by atoms with Gasteiger partial charge in [0.1, 0.15) is 5.75 Å². The molecule has 1 aliphatic rings. The molecule has 3 nitrogen and oxygen atoms in total. The quantitative estimate of drug-likeness (QED) is 0.920. The Labute approximate surface area is 125 Å². The number of rotatable bonds is 4. The number of amides is 1. The zero-order valence-electron chi connectivity index (χ0n) is 12.1. The van der Waals surface area contributed by atoms with Crippen LogP contribution in [0.5, 0.6) is 5.75 Å². The van der Waals surface area contributed by atoms with Crippen molar-refractivity contribution in [1.82, 2.24) is 5.32 Å². The highest BCUT2D eigenvalue weighted by Gasteiger charge is 2.28. The number of hydrogen-bond donors (Lipinski definition) is 1. The van der Waals surface area contributed by atoms with Crippen LogP contribution in [0.4, 0.5) is 0 Å². The van der Waals surface area contributed by atoms with Gasteiger partial charge in [-0.05, 0) is 36.5 Å². The normalized spacial score (nSPS) is 26.1. The largest absolute Gasteiger partial charge is 0.484 e. The molecular formula is C16H22ClNO2. The first kappa shape index (κ1) is 15.2. The topological polar surface area (TPSA) is 38.3 Å². The molecule has 0 aliphatic heterocycles. The van der Waals surface area contributed by atoms with E-state index in [4.69, 9.17) is 16.3 Å². The van der Waals surface area contributed by atoms with E-state index >= 15 is 0 Å². The van der Waals surface area contributed by atoms with E-state index < -0.39 is 0 Å². The Morgan fingerprint density at radius 3 is 2.95 bits per heavy atom. The van der Waals surface area contributed by atoms with Crippen molar-refractivity contribution in [2.24, 2.45) is 11.8 Å². The summed E-state index contributed by atoms with van der Waals surface area (Å²) < 4.78 is 5.46. The molecule has 3 atom stereocenters. The second-order valence-corrected chi connectivity index (χ2v) is 6.12. The predicted molar refractivity (Wildman–Crippen MR) is 81.1 cm³/mol. The lowest BCUT2D eigenvalue weighted by molar-refractivity contribution is -0.124. The van der Waals surface area contributed by atoms with Gasteiger partial charge in [0.25, 0.3) is 5.91 Å². The molecular weight excluding hydrogens is 274 g/mol. The molecule has 0 spiro atoms. The lowest BCUT2D eigenvalue weighted by atomic mass is 9.78. The number of hydrogen-bond acceptors (Lipinski definition) is 2. The highest BCUT2D eigenvalue weighted by molar-refractivity contribution is 6.30. The molecule has 0 bridgehead atoms. The molecule has 1 aromatic rings. The molecule has 2 rings (SSSR count). The first-order valence-corrected chi connectivity index (χ1v) is 7.62. The smallest absolute Gasteiger partial charge is 0.258 e. The second-order valence-electron chi connectivity index (χ2n) is 5.69. The fourth-order valence-corrected chi connectivity index (χ4v) is 2.92. The Balaban J connectivity index is 1.80. The highest BCUT2D eigenvalue weighted by atomic mass is 35.5. The molecule has 0 heterocycles. The summed E-state index contributed by atoms with van der Waals surface area (Å²) in [5.74, 6) is 1.76. The monoisotopic (exact) mass is 295 g/mol. The van der Waals surface area contributed by atoms with Crippen LogP contribution in [0.2, 0.25) is 5.02 Å². The van der Waals surface area contributed by atoms with Gasteiger partial charge in [-0.1, -0.05) is 44.4 Å². The van der Waals surface area contributed by atoms with E-state index in [9.17, 15) is 4.79 Å². The summed E-state index contributed by atoms with van der Waals surface area (Å²) in [5.41, 5.74) is 0. The van der Waals surface area contributed by atoms with Crippen LogP contribution in [0.15, 0.2) is 24.3 Å². The molecule has 4 heteroatoms. The number of nitrogens with one attached hydrogen (secondary N) is 1. The van der Waals surface area contributed by atoms with Crippen molar-refractivity contribution in [3.05, 3.63) is 29.3 Å². The SMILES string of the molecule is CC1CCCC(NC(=O)COc2cccc(Cl)c2)C1C. The minimum atomic E-state index is -0.0593. The van der Waals surface area contributed by atoms with Gasteiger partial charge in [-0.2, -0.15) is 0 Å². The fourth-order valence-electron chi connectivity index (χ4n) is 2.74. The molecule has 0 radical (unpaired) electrons. The van der Waals surface area contributed by atoms with Crippen molar-refractivity contribution >= 4 is 17.5 Å². The lowest BCUT2D eigenvalue weighted by Gasteiger charge is -2.34. The number of ether oxygens (including phenoxy) is 1. The van der Waals surface area contributed by atoms with Gasteiger partial charge in [0, 0.05) is 11.1 Å². The zero-order valence-corrected chi connectivity index (χ0v) is 12.8. The van der Waals surface area contributed by atoms with Crippen molar-refractivity contribution in [2.75, 3.05) is 6.61 Å². The summed E-state index contributed by atoms with van der Waals surface area (Å²) in [6.07, 6.45) is 3.51. The highest BCUT2D eigenvalue weighted by Crippen LogP contribution is 2.29. The van der Waals surface area contributed by atoms with E-state index in [1.807, 2.05) is 0 Å². The van der Waals surface area contributed by atoms with Crippen molar-refractivity contribution in [3.63, 3.8) is 0 Å². The summed E-state index contributed by atoms with van der Waals surface area (Å²) in [6.45, 7) is 4.51. The summed E-state index contributed by atoms with van der Waals surface area (Å²) in [6, 6.07) is 7.36. The van der Waals surface area contributed by atoms with E-state index in [1.54, 1.807) is 24.3 Å². The van der Waals surface area contributed by atoms with Crippen LogP contribution >= 0.6 is 11.6 Å². The average molecular weight is 296 g/mol. The van der Waals surface area contributed by atoms with Crippen molar-refractivity contribution < 1.29 is 9.53 Å². The Morgan fingerprint density at radius 2 is 2.20 bits per heavy atom. The van der Waals surface area contributed by atoms with E-state index in [2.05, 4.69) is 19.2 Å². The maximum absolute atomic E-state index is 12.0. The first-order valence-electron chi connectivity index (χ1n) is 7.24. The Kier molecular flexibility index (Phi) is 5.30. The fraction of sp³-hybridized carbons (Fsp3) is 0.562. The Morgan fingerprint density at radius 1 is 1.40 bits per heavy atom. The molecule has 1 saturated carbocycles. The summed E-state index contributed by atoms with van der Waals surface area (Å²) in [5, 5.41) is 3.70. The molecule has 1 fully saturated rings. The van der Waals surface area contributed by atoms with Crippen LogP contribution in [0.1, 0.15) is 33.1 Å². The third-order valence-electron chi connectivity index (χ3n) is 4.22. The third kappa shape index (κ3) is 4.14. The second kappa shape index (κ2) is 6.98. The van der Waals surface area contributed by atoms with E-state index in [-0.39, 0.29) is 18.6 Å². The molecule has 3 unspecified atom stereocenters. The third-order valence-corrected chi connectivity index (χ3v) is 4.45. The summed E-state index contributed by atoms with van der Waals surface area (Å²) >= 11 is 5.87. The van der Waals surface area contributed by atoms with Crippen LogP contribution < -0.4 is 10.1 Å². The average Bonchev–Trinajstić information content (AvgIpc) is 2.42. The van der Waals surface area contributed by atoms with Gasteiger partial charge in [-0.3, -0.25) is 4.79 Å². The number of carbonyl (C=O) groups excluding carboxylic acids is 1. The predicted octanol–water partition coefficient (Wildman–Crippen LogP) is 3.66. The molecule has 20 heavy (non-hydrogen) atoms. The Bertz CT molecular complexity index is 464. The molecule has 0 aromatic heterocycles. The van der Waals surface area contributed by atoms with E-state index in [1.165, 1.54) is 12.8 Å². The summed E-state index contributed by atoms with van der Waals surface area (Å²) in [4.78, 5) is 12.0. The van der Waals surface area contributed by atoms with Gasteiger partial charge in [0.2, 0.25) is 0 Å². The van der Waals surface area contributed by atoms with Crippen LogP contribution in [-0.4, -0.2) is 18.6 Å². The number of carbonyl (C=O) groups is 1. The van der Waals surface area contributed by atoms with Crippen LogP contribution in [-0.2, 0) is 4.79 Å². The van der Waals surface area contributed by atoms with Gasteiger partial charge in [0.15, 0.2) is 6.61 Å². The zero-order chi connectivity index (χ0) is 14.5. The molecule has 1 amide bonds. The van der Waals surface area contributed by atoms with Gasteiger partial charge < -0.3 is 10.1 Å². The summed E-state index contributed by atoms with van der Waals surface area (Å²) in [7, 11) is 0. The first-order chi connectivity index (χ1) is 9.56. The maximum atomic E-state index is 12.0. The van der Waals surface area contributed by atoms with Crippen molar-refractivity contribution in [1.29, 1.82) is 0 Å². The van der Waals surface area contributed by atoms with E-state index in [0.717, 1.165) is 6.42 Å². The van der Waals surface area contributed by atoms with Crippen LogP contribution in [0.25, 0.3) is 0 Å². The van der Waals surface area contributed by atoms with Gasteiger partial charge in [0.05, 0.1) is 0 Å². The Hall–Kier alpha value is -1.22. The van der Waals surface area contributed by atoms with Crippen LogP contribution in [0, 0.1) is 11.8 Å². The van der Waals surface area contributed by atoms with Crippen molar-refractivity contribution in [2.45, 2.75) is 39.2 Å². The number of halogens is 1. The standard InChI is InChI=1S/C16H22ClNO2/c1-11-5-3-8-15(12(11)2)18-16(19)10-20-14-7-4-6-13(17)9-14/h4,6-7,9,11-12,15H,3,5,8,10H2,1-2H3,(H,18,19). The van der Waals surface area contributed by atoms with Gasteiger partial charge >= 0.3 is 0 Å². The van der Waals surface area contributed by atoms with Gasteiger partial charge in [-0.15, -0.1) is 0 Å². The van der Waals surface area contributed by atoms with Crippen molar-refractivity contribution in [3.8, 4) is 5.75 Å². The maximum Gasteiger partial charge on any atom is 0.258 e. The minimum Gasteiger partial charge on any atom is -0.484 e. The van der Waals surface area contributed by atoms with Gasteiger partial charge in [-0.25, -0.2) is 0 Å². The lowest BCUT2D eigenvalue weighted by Crippen LogP contribution is -2.45. The number of benzene rings is 1. The molecule has 1 aliphatic carbocycles.